The summed E-state index contributed by atoms with van der Waals surface area (Å²) in [4.78, 5) is 28.5. The lowest BCUT2D eigenvalue weighted by atomic mass is 10.1. The monoisotopic (exact) mass is 428 g/mol. The van der Waals surface area contributed by atoms with E-state index in [0.717, 1.165) is 42.9 Å². The summed E-state index contributed by atoms with van der Waals surface area (Å²) in [6.07, 6.45) is 4.25. The van der Waals surface area contributed by atoms with Crippen molar-refractivity contribution in [2.45, 2.75) is 39.5 Å². The van der Waals surface area contributed by atoms with Crippen molar-refractivity contribution in [2.75, 3.05) is 36.0 Å². The van der Waals surface area contributed by atoms with Crippen LogP contribution >= 0.6 is 11.6 Å². The smallest absolute Gasteiger partial charge is 0.338 e. The first kappa shape index (κ1) is 22.2. The Hall–Kier alpha value is -2.53. The first-order chi connectivity index (χ1) is 14.5. The second-order valence-electron chi connectivity index (χ2n) is 7.52. The summed E-state index contributed by atoms with van der Waals surface area (Å²) >= 11 is 6.29. The molecular formula is C24H29ClN2O3. The van der Waals surface area contributed by atoms with Crippen LogP contribution in [-0.4, -0.2) is 38.1 Å². The molecule has 5 nitrogen and oxygen atoms in total. The average molecular weight is 429 g/mol. The van der Waals surface area contributed by atoms with Gasteiger partial charge >= 0.3 is 5.97 Å². The zero-order valence-electron chi connectivity index (χ0n) is 17.7. The third-order valence-electron chi connectivity index (χ3n) is 5.39. The molecule has 1 aliphatic rings. The normalized spacial score (nSPS) is 13.8. The first-order valence-corrected chi connectivity index (χ1v) is 11.0. The molecule has 0 bridgehead atoms. The molecule has 160 valence electrons. The van der Waals surface area contributed by atoms with Gasteiger partial charge in [0.1, 0.15) is 0 Å². The van der Waals surface area contributed by atoms with Gasteiger partial charge in [-0.2, -0.15) is 0 Å². The molecule has 1 aliphatic heterocycles. The molecule has 3 rings (SSSR count). The van der Waals surface area contributed by atoms with E-state index in [-0.39, 0.29) is 11.9 Å². The van der Waals surface area contributed by atoms with Crippen LogP contribution in [0.5, 0.6) is 0 Å². The van der Waals surface area contributed by atoms with Gasteiger partial charge in [-0.05, 0) is 68.5 Å². The highest BCUT2D eigenvalue weighted by Crippen LogP contribution is 2.34. The summed E-state index contributed by atoms with van der Waals surface area (Å²) in [5, 5.41) is 0.621. The molecule has 2 aromatic carbocycles. The molecule has 2 aromatic rings. The molecule has 1 heterocycles. The Morgan fingerprint density at radius 1 is 1.07 bits per heavy atom. The summed E-state index contributed by atoms with van der Waals surface area (Å²) in [6, 6.07) is 13.2. The van der Waals surface area contributed by atoms with Crippen LogP contribution in [0, 0.1) is 0 Å². The van der Waals surface area contributed by atoms with Crippen molar-refractivity contribution in [3.8, 4) is 0 Å². The standard InChI is InChI=1S/C24H29ClN2O3/c1-3-30-24(29)20-9-7-19(8-10-20)13-16-27(18(2)28)23-17-21(25)11-12-22(23)26-14-5-4-6-15-26/h7-12,17H,3-6,13-16H2,1-2H3. The second-order valence-corrected chi connectivity index (χ2v) is 7.96. The van der Waals surface area contributed by atoms with Crippen molar-refractivity contribution in [3.05, 3.63) is 58.6 Å². The average Bonchev–Trinajstić information content (AvgIpc) is 2.75. The van der Waals surface area contributed by atoms with Crippen molar-refractivity contribution in [3.63, 3.8) is 0 Å². The van der Waals surface area contributed by atoms with Gasteiger partial charge in [0.25, 0.3) is 0 Å². The highest BCUT2D eigenvalue weighted by atomic mass is 35.5. The van der Waals surface area contributed by atoms with E-state index in [1.165, 1.54) is 6.42 Å². The molecule has 1 saturated heterocycles. The molecule has 0 spiro atoms. The fraction of sp³-hybridized carbons (Fsp3) is 0.417. The number of carbonyl (C=O) groups excluding carboxylic acids is 2. The van der Waals surface area contributed by atoms with Crippen molar-refractivity contribution in [1.82, 2.24) is 0 Å². The first-order valence-electron chi connectivity index (χ1n) is 10.6. The van der Waals surface area contributed by atoms with Crippen LogP contribution in [-0.2, 0) is 16.0 Å². The largest absolute Gasteiger partial charge is 0.462 e. The summed E-state index contributed by atoms with van der Waals surface area (Å²) in [6.45, 7) is 6.26. The fourth-order valence-electron chi connectivity index (χ4n) is 3.83. The molecule has 6 heteroatoms. The number of piperidine rings is 1. The van der Waals surface area contributed by atoms with Crippen LogP contribution in [0.15, 0.2) is 42.5 Å². The van der Waals surface area contributed by atoms with Gasteiger partial charge in [-0.3, -0.25) is 4.79 Å². The third kappa shape index (κ3) is 5.54. The van der Waals surface area contributed by atoms with Gasteiger partial charge in [-0.15, -0.1) is 0 Å². The molecule has 0 saturated carbocycles. The molecule has 1 amide bonds. The maximum absolute atomic E-state index is 12.5. The molecule has 0 radical (unpaired) electrons. The highest BCUT2D eigenvalue weighted by molar-refractivity contribution is 6.31. The minimum absolute atomic E-state index is 0.0151. The number of hydrogen-bond donors (Lipinski definition) is 0. The Morgan fingerprint density at radius 2 is 1.77 bits per heavy atom. The Bertz CT molecular complexity index is 877. The maximum Gasteiger partial charge on any atom is 0.338 e. The minimum Gasteiger partial charge on any atom is -0.462 e. The number of hydrogen-bond acceptors (Lipinski definition) is 4. The molecule has 0 aliphatic carbocycles. The Balaban J connectivity index is 1.77. The SMILES string of the molecule is CCOC(=O)c1ccc(CCN(C(C)=O)c2cc(Cl)ccc2N2CCCCC2)cc1. The molecule has 30 heavy (non-hydrogen) atoms. The lowest BCUT2D eigenvalue weighted by Crippen LogP contribution is -2.35. The zero-order chi connectivity index (χ0) is 21.5. The van der Waals surface area contributed by atoms with Gasteiger partial charge in [0.05, 0.1) is 23.5 Å². The van der Waals surface area contributed by atoms with Crippen molar-refractivity contribution in [2.24, 2.45) is 0 Å². The molecule has 1 fully saturated rings. The number of anilines is 2. The van der Waals surface area contributed by atoms with Gasteiger partial charge in [0.2, 0.25) is 5.91 Å². The predicted octanol–water partition coefficient (Wildman–Crippen LogP) is 5.10. The van der Waals surface area contributed by atoms with Crippen LogP contribution < -0.4 is 9.80 Å². The van der Waals surface area contributed by atoms with Crippen LogP contribution in [0.4, 0.5) is 11.4 Å². The number of rotatable bonds is 7. The summed E-state index contributed by atoms with van der Waals surface area (Å²) in [5.41, 5.74) is 3.51. The summed E-state index contributed by atoms with van der Waals surface area (Å²) in [5.74, 6) is -0.335. The van der Waals surface area contributed by atoms with Crippen LogP contribution in [0.1, 0.15) is 49.0 Å². The van der Waals surface area contributed by atoms with Gasteiger partial charge in [0, 0.05) is 31.6 Å². The van der Waals surface area contributed by atoms with E-state index >= 15 is 0 Å². The fourth-order valence-corrected chi connectivity index (χ4v) is 3.99. The molecule has 0 unspecified atom stereocenters. The Kier molecular flexibility index (Phi) is 7.75. The van der Waals surface area contributed by atoms with Crippen LogP contribution in [0.25, 0.3) is 0 Å². The van der Waals surface area contributed by atoms with Gasteiger partial charge in [-0.1, -0.05) is 23.7 Å². The predicted molar refractivity (Wildman–Crippen MR) is 122 cm³/mol. The Morgan fingerprint density at radius 3 is 2.40 bits per heavy atom. The lowest BCUT2D eigenvalue weighted by molar-refractivity contribution is -0.116. The number of amides is 1. The quantitative estimate of drug-likeness (QED) is 0.575. The van der Waals surface area contributed by atoms with E-state index in [1.54, 1.807) is 30.9 Å². The maximum atomic E-state index is 12.5. The van der Waals surface area contributed by atoms with Crippen LogP contribution in [0.2, 0.25) is 5.02 Å². The zero-order valence-corrected chi connectivity index (χ0v) is 18.5. The lowest BCUT2D eigenvalue weighted by Gasteiger charge is -2.33. The van der Waals surface area contributed by atoms with E-state index in [4.69, 9.17) is 16.3 Å². The molecule has 0 atom stereocenters. The molecule has 0 N–H and O–H groups in total. The van der Waals surface area contributed by atoms with Gasteiger partial charge in [0.15, 0.2) is 0 Å². The van der Waals surface area contributed by atoms with E-state index < -0.39 is 0 Å². The van der Waals surface area contributed by atoms with E-state index in [0.29, 0.717) is 30.2 Å². The minimum atomic E-state index is -0.320. The summed E-state index contributed by atoms with van der Waals surface area (Å²) in [7, 11) is 0. The topological polar surface area (TPSA) is 49.9 Å². The third-order valence-corrected chi connectivity index (χ3v) is 5.63. The number of benzene rings is 2. The number of esters is 1. The van der Waals surface area contributed by atoms with Gasteiger partial charge < -0.3 is 14.5 Å². The van der Waals surface area contributed by atoms with E-state index in [9.17, 15) is 9.59 Å². The highest BCUT2D eigenvalue weighted by Gasteiger charge is 2.21. The number of ether oxygens (including phenoxy) is 1. The molecular weight excluding hydrogens is 400 g/mol. The van der Waals surface area contributed by atoms with Crippen LogP contribution in [0.3, 0.4) is 0 Å². The van der Waals surface area contributed by atoms with Crippen molar-refractivity contribution >= 4 is 34.9 Å². The number of nitrogens with zero attached hydrogens (tertiary/aromatic N) is 2. The van der Waals surface area contributed by atoms with Crippen molar-refractivity contribution in [1.29, 1.82) is 0 Å². The van der Waals surface area contributed by atoms with Crippen molar-refractivity contribution < 1.29 is 14.3 Å². The van der Waals surface area contributed by atoms with Gasteiger partial charge in [-0.25, -0.2) is 4.79 Å². The second kappa shape index (κ2) is 10.5. The number of carbonyl (C=O) groups is 2. The molecule has 0 aromatic heterocycles. The summed E-state index contributed by atoms with van der Waals surface area (Å²) < 4.78 is 5.03. The Labute approximate surface area is 183 Å². The van der Waals surface area contributed by atoms with E-state index in [1.807, 2.05) is 30.3 Å². The van der Waals surface area contributed by atoms with E-state index in [2.05, 4.69) is 4.90 Å². The number of halogens is 1.